The quantitative estimate of drug-likeness (QED) is 0.839. The number of pyridine rings is 1. The van der Waals surface area contributed by atoms with Gasteiger partial charge in [-0.2, -0.15) is 5.10 Å². The molecule has 0 aliphatic carbocycles. The van der Waals surface area contributed by atoms with Gasteiger partial charge in [0.15, 0.2) is 0 Å². The summed E-state index contributed by atoms with van der Waals surface area (Å²) in [6.45, 7) is 0.454. The molecule has 0 radical (unpaired) electrons. The fraction of sp³-hybridized carbons (Fsp3) is 0.385. The second-order valence-corrected chi connectivity index (χ2v) is 7.41. The topological polar surface area (TPSA) is 112 Å². The van der Waals surface area contributed by atoms with E-state index >= 15 is 0 Å². The normalized spacial score (nSPS) is 21.7. The van der Waals surface area contributed by atoms with E-state index in [1.807, 2.05) is 0 Å². The van der Waals surface area contributed by atoms with Crippen LogP contribution in [0.3, 0.4) is 0 Å². The summed E-state index contributed by atoms with van der Waals surface area (Å²) in [5, 5.41) is 4.29. The maximum absolute atomic E-state index is 12.6. The van der Waals surface area contributed by atoms with Crippen LogP contribution in [0.5, 0.6) is 0 Å². The molecule has 0 aromatic carbocycles. The second-order valence-electron chi connectivity index (χ2n) is 5.29. The Morgan fingerprint density at radius 3 is 2.96 bits per heavy atom. The lowest BCUT2D eigenvalue weighted by Gasteiger charge is -2.19. The van der Waals surface area contributed by atoms with Crippen LogP contribution in [0.4, 0.5) is 5.82 Å². The summed E-state index contributed by atoms with van der Waals surface area (Å²) in [5.41, 5.74) is 6.48. The summed E-state index contributed by atoms with van der Waals surface area (Å²) in [6, 6.07) is 0.865. The first kappa shape index (κ1) is 16.2. The third kappa shape index (κ3) is 3.32. The molecule has 124 valence electrons. The van der Waals surface area contributed by atoms with Crippen molar-refractivity contribution < 1.29 is 13.2 Å². The van der Waals surface area contributed by atoms with E-state index in [1.165, 1.54) is 12.3 Å². The highest BCUT2D eigenvalue weighted by Crippen LogP contribution is 2.30. The number of hydrogen-bond donors (Lipinski definition) is 2. The Kier molecular flexibility index (Phi) is 4.28. The summed E-state index contributed by atoms with van der Waals surface area (Å²) >= 11 is 5.82. The van der Waals surface area contributed by atoms with Crippen LogP contribution in [0.15, 0.2) is 29.6 Å². The van der Waals surface area contributed by atoms with Gasteiger partial charge in [-0.3, -0.25) is 4.68 Å². The van der Waals surface area contributed by atoms with Crippen LogP contribution in [-0.4, -0.2) is 35.8 Å². The first-order valence-electron chi connectivity index (χ1n) is 6.90. The van der Waals surface area contributed by atoms with Gasteiger partial charge in [-0.05, 0) is 12.5 Å². The zero-order valence-electron chi connectivity index (χ0n) is 12.3. The molecule has 1 saturated heterocycles. The number of aryl methyl sites for hydroxylation is 1. The first-order chi connectivity index (χ1) is 10.9. The van der Waals surface area contributed by atoms with Crippen molar-refractivity contribution in [1.82, 2.24) is 19.5 Å². The predicted molar refractivity (Wildman–Crippen MR) is 84.3 cm³/mol. The first-order valence-corrected chi connectivity index (χ1v) is 8.76. The van der Waals surface area contributed by atoms with Gasteiger partial charge in [0, 0.05) is 31.6 Å². The van der Waals surface area contributed by atoms with E-state index in [2.05, 4.69) is 14.8 Å². The lowest BCUT2D eigenvalue weighted by molar-refractivity contribution is 0.102. The number of halogens is 1. The van der Waals surface area contributed by atoms with Gasteiger partial charge >= 0.3 is 0 Å². The van der Waals surface area contributed by atoms with Crippen molar-refractivity contribution in [3.05, 3.63) is 35.2 Å². The molecule has 8 nitrogen and oxygen atoms in total. The van der Waals surface area contributed by atoms with Gasteiger partial charge in [-0.1, -0.05) is 11.6 Å². The Balaban J connectivity index is 1.86. The van der Waals surface area contributed by atoms with E-state index in [0.717, 1.165) is 5.56 Å². The number of ether oxygens (including phenoxy) is 1. The second kappa shape index (κ2) is 6.08. The molecule has 0 bridgehead atoms. The molecule has 0 saturated carbocycles. The van der Waals surface area contributed by atoms with Crippen LogP contribution in [0, 0.1) is 0 Å². The molecule has 10 heteroatoms. The molecule has 3 N–H and O–H groups in total. The van der Waals surface area contributed by atoms with Crippen molar-refractivity contribution in [1.29, 1.82) is 0 Å². The van der Waals surface area contributed by atoms with Crippen molar-refractivity contribution in [3.8, 4) is 0 Å². The number of rotatable bonds is 4. The number of aromatic nitrogens is 3. The molecule has 0 unspecified atom stereocenters. The van der Waals surface area contributed by atoms with Crippen LogP contribution >= 0.6 is 11.6 Å². The van der Waals surface area contributed by atoms with Gasteiger partial charge in [0.25, 0.3) is 0 Å². The summed E-state index contributed by atoms with van der Waals surface area (Å²) in [6.07, 6.45) is 4.91. The molecule has 1 aliphatic rings. The molecule has 1 aliphatic heterocycles. The van der Waals surface area contributed by atoms with E-state index in [9.17, 15) is 8.42 Å². The van der Waals surface area contributed by atoms with Crippen molar-refractivity contribution in [2.75, 3.05) is 12.3 Å². The largest absolute Gasteiger partial charge is 0.383 e. The van der Waals surface area contributed by atoms with Crippen molar-refractivity contribution in [2.45, 2.75) is 23.5 Å². The third-order valence-electron chi connectivity index (χ3n) is 3.59. The van der Waals surface area contributed by atoms with Gasteiger partial charge in [0.05, 0.1) is 17.3 Å². The molecular formula is C13H16ClN5O3S. The zero-order valence-corrected chi connectivity index (χ0v) is 13.9. The smallest absolute Gasteiger partial charge is 0.244 e. The number of nitrogens with one attached hydrogen (secondary N) is 1. The Hall–Kier alpha value is -1.68. The third-order valence-corrected chi connectivity index (χ3v) is 5.32. The number of hydrogen-bond acceptors (Lipinski definition) is 6. The SMILES string of the molecule is Cn1cc([C@@H]2OCC[C@H]2NS(=O)(=O)c2cc(Cl)cnc2N)cn1. The molecule has 1 fully saturated rings. The van der Waals surface area contributed by atoms with E-state index < -0.39 is 22.2 Å². The van der Waals surface area contributed by atoms with Crippen LogP contribution < -0.4 is 10.5 Å². The van der Waals surface area contributed by atoms with Crippen LogP contribution in [0.1, 0.15) is 18.1 Å². The molecule has 2 atom stereocenters. The Morgan fingerprint density at radius 2 is 2.26 bits per heavy atom. The summed E-state index contributed by atoms with van der Waals surface area (Å²) in [4.78, 5) is 3.64. The van der Waals surface area contributed by atoms with Gasteiger partial charge in [0.2, 0.25) is 10.0 Å². The summed E-state index contributed by atoms with van der Waals surface area (Å²) in [5.74, 6) is -0.0984. The molecule has 0 spiro atoms. The van der Waals surface area contributed by atoms with Crippen LogP contribution in [0.2, 0.25) is 5.02 Å². The van der Waals surface area contributed by atoms with Gasteiger partial charge < -0.3 is 10.5 Å². The molecule has 23 heavy (non-hydrogen) atoms. The van der Waals surface area contributed by atoms with E-state index in [1.54, 1.807) is 24.1 Å². The van der Waals surface area contributed by atoms with Gasteiger partial charge in [0.1, 0.15) is 16.8 Å². The van der Waals surface area contributed by atoms with Gasteiger partial charge in [-0.15, -0.1) is 0 Å². The number of nitrogens with two attached hydrogens (primary N) is 1. The molecule has 2 aromatic rings. The Bertz CT molecular complexity index is 823. The molecule has 3 heterocycles. The van der Waals surface area contributed by atoms with Gasteiger partial charge in [-0.25, -0.2) is 18.1 Å². The summed E-state index contributed by atoms with van der Waals surface area (Å²) < 4.78 is 35.1. The summed E-state index contributed by atoms with van der Waals surface area (Å²) in [7, 11) is -2.07. The minimum absolute atomic E-state index is 0.0984. The minimum Gasteiger partial charge on any atom is -0.383 e. The van der Waals surface area contributed by atoms with E-state index in [4.69, 9.17) is 22.1 Å². The van der Waals surface area contributed by atoms with Crippen molar-refractivity contribution in [3.63, 3.8) is 0 Å². The highest BCUT2D eigenvalue weighted by molar-refractivity contribution is 7.89. The standard InChI is InChI=1S/C13H16ClN5O3S/c1-19-7-8(5-17-19)12-10(2-3-22-12)18-23(20,21)11-4-9(14)6-16-13(11)15/h4-7,10,12,18H,2-3H2,1H3,(H2,15,16)/t10-,12+/m1/s1. The van der Waals surface area contributed by atoms with E-state index in [-0.39, 0.29) is 15.7 Å². The van der Waals surface area contributed by atoms with Crippen molar-refractivity contribution in [2.24, 2.45) is 7.05 Å². The van der Waals surface area contributed by atoms with Crippen molar-refractivity contribution >= 4 is 27.4 Å². The van der Waals surface area contributed by atoms with Crippen LogP contribution in [0.25, 0.3) is 0 Å². The number of nitrogens with zero attached hydrogens (tertiary/aromatic N) is 3. The monoisotopic (exact) mass is 357 g/mol. The lowest BCUT2D eigenvalue weighted by Crippen LogP contribution is -2.37. The number of anilines is 1. The predicted octanol–water partition coefficient (Wildman–Crippen LogP) is 0.859. The fourth-order valence-electron chi connectivity index (χ4n) is 2.54. The highest BCUT2D eigenvalue weighted by atomic mass is 35.5. The average Bonchev–Trinajstić information content (AvgIpc) is 3.09. The zero-order chi connectivity index (χ0) is 16.6. The average molecular weight is 358 g/mol. The maximum atomic E-state index is 12.6. The molecule has 3 rings (SSSR count). The number of sulfonamides is 1. The highest BCUT2D eigenvalue weighted by Gasteiger charge is 2.34. The molecular weight excluding hydrogens is 342 g/mol. The molecule has 0 amide bonds. The number of nitrogen functional groups attached to an aromatic ring is 1. The fourth-order valence-corrected chi connectivity index (χ4v) is 4.13. The lowest BCUT2D eigenvalue weighted by atomic mass is 10.1. The Labute approximate surface area is 138 Å². The molecule has 2 aromatic heterocycles. The Morgan fingerprint density at radius 1 is 1.48 bits per heavy atom. The maximum Gasteiger partial charge on any atom is 0.244 e. The van der Waals surface area contributed by atoms with Crippen LogP contribution in [-0.2, 0) is 21.8 Å². The van der Waals surface area contributed by atoms with E-state index in [0.29, 0.717) is 13.0 Å². The minimum atomic E-state index is -3.86.